The van der Waals surface area contributed by atoms with E-state index in [0.717, 1.165) is 19.0 Å². The molecule has 0 aromatic rings. The molecular weight excluding hydrogens is 182 g/mol. The molecule has 74 valence electrons. The summed E-state index contributed by atoms with van der Waals surface area (Å²) < 4.78 is 0. The number of aliphatic imine (C=N–C) groups is 1. The van der Waals surface area contributed by atoms with E-state index in [1.165, 1.54) is 30.8 Å². The zero-order valence-electron chi connectivity index (χ0n) is 7.91. The van der Waals surface area contributed by atoms with E-state index in [1.54, 1.807) is 0 Å². The molecule has 1 aliphatic heterocycles. The van der Waals surface area contributed by atoms with Crippen LogP contribution < -0.4 is 5.73 Å². The van der Waals surface area contributed by atoms with Crippen LogP contribution in [-0.4, -0.2) is 41.5 Å². The summed E-state index contributed by atoms with van der Waals surface area (Å²) in [4.78, 5) is 6.70. The first kappa shape index (κ1) is 9.19. The fourth-order valence-electron chi connectivity index (χ4n) is 1.45. The molecule has 1 saturated heterocycles. The summed E-state index contributed by atoms with van der Waals surface area (Å²) in [6.07, 6.45) is 3.72. The number of nitrogens with two attached hydrogens (primary N) is 1. The molecule has 0 amide bonds. The van der Waals surface area contributed by atoms with Gasteiger partial charge in [0.05, 0.1) is 6.04 Å². The van der Waals surface area contributed by atoms with Crippen LogP contribution in [0.3, 0.4) is 0 Å². The monoisotopic (exact) mass is 199 g/mol. The van der Waals surface area contributed by atoms with Crippen LogP contribution in [0.2, 0.25) is 0 Å². The van der Waals surface area contributed by atoms with E-state index in [2.05, 4.69) is 9.89 Å². The normalized spacial score (nSPS) is 25.8. The second kappa shape index (κ2) is 4.22. The lowest BCUT2D eigenvalue weighted by Crippen LogP contribution is -2.39. The Hall–Kier alpha value is -0.380. The van der Waals surface area contributed by atoms with Crippen molar-refractivity contribution >= 4 is 17.7 Å². The smallest absolute Gasteiger partial charge is 0.191 e. The van der Waals surface area contributed by atoms with Gasteiger partial charge < -0.3 is 10.6 Å². The molecule has 3 nitrogen and oxygen atoms in total. The zero-order chi connectivity index (χ0) is 9.10. The lowest BCUT2D eigenvalue weighted by molar-refractivity contribution is 0.443. The van der Waals surface area contributed by atoms with E-state index in [0.29, 0.717) is 6.04 Å². The highest BCUT2D eigenvalue weighted by Gasteiger charge is 2.22. The summed E-state index contributed by atoms with van der Waals surface area (Å²) in [6, 6.07) is 0.552. The van der Waals surface area contributed by atoms with E-state index in [4.69, 9.17) is 5.73 Å². The molecule has 13 heavy (non-hydrogen) atoms. The highest BCUT2D eigenvalue weighted by atomic mass is 32.2. The van der Waals surface area contributed by atoms with Crippen LogP contribution in [0.15, 0.2) is 4.99 Å². The standard InChI is InChI=1S/C9H17N3S/c10-9(11-8-2-3-8)12-4-1-6-13-7-5-12/h8H,1-7H2,(H2,10,11). The van der Waals surface area contributed by atoms with Gasteiger partial charge in [-0.25, -0.2) is 4.99 Å². The van der Waals surface area contributed by atoms with Crippen molar-refractivity contribution in [2.75, 3.05) is 24.6 Å². The first-order valence-electron chi connectivity index (χ1n) is 5.02. The number of hydrogen-bond acceptors (Lipinski definition) is 2. The Morgan fingerprint density at radius 2 is 2.15 bits per heavy atom. The summed E-state index contributed by atoms with van der Waals surface area (Å²) in [7, 11) is 0. The van der Waals surface area contributed by atoms with Crippen LogP contribution in [0.25, 0.3) is 0 Å². The van der Waals surface area contributed by atoms with E-state index in [1.807, 2.05) is 11.8 Å². The quantitative estimate of drug-likeness (QED) is 0.504. The summed E-state index contributed by atoms with van der Waals surface area (Å²) >= 11 is 2.02. The molecule has 4 heteroatoms. The van der Waals surface area contributed by atoms with Gasteiger partial charge in [-0.15, -0.1) is 0 Å². The first-order chi connectivity index (χ1) is 6.36. The van der Waals surface area contributed by atoms with Crippen LogP contribution in [-0.2, 0) is 0 Å². The van der Waals surface area contributed by atoms with E-state index >= 15 is 0 Å². The maximum absolute atomic E-state index is 5.93. The van der Waals surface area contributed by atoms with Gasteiger partial charge in [0, 0.05) is 18.8 Å². The Balaban J connectivity index is 1.88. The number of hydrogen-bond donors (Lipinski definition) is 1. The van der Waals surface area contributed by atoms with Crippen molar-refractivity contribution in [3.63, 3.8) is 0 Å². The van der Waals surface area contributed by atoms with Crippen molar-refractivity contribution in [1.82, 2.24) is 4.90 Å². The summed E-state index contributed by atoms with van der Waals surface area (Å²) in [5.74, 6) is 3.25. The maximum atomic E-state index is 5.93. The van der Waals surface area contributed by atoms with Crippen molar-refractivity contribution in [1.29, 1.82) is 0 Å². The topological polar surface area (TPSA) is 41.6 Å². The Labute approximate surface area is 83.8 Å². The lowest BCUT2D eigenvalue weighted by atomic mass is 10.4. The van der Waals surface area contributed by atoms with E-state index in [9.17, 15) is 0 Å². The molecule has 2 fully saturated rings. The minimum absolute atomic E-state index is 0.552. The van der Waals surface area contributed by atoms with Crippen LogP contribution in [0.5, 0.6) is 0 Å². The van der Waals surface area contributed by atoms with Crippen LogP contribution >= 0.6 is 11.8 Å². The summed E-state index contributed by atoms with van der Waals surface area (Å²) in [6.45, 7) is 2.17. The minimum Gasteiger partial charge on any atom is -0.370 e. The van der Waals surface area contributed by atoms with Gasteiger partial charge in [-0.05, 0) is 25.0 Å². The Morgan fingerprint density at radius 3 is 2.92 bits per heavy atom. The predicted molar refractivity (Wildman–Crippen MR) is 58.2 cm³/mol. The number of nitrogens with zero attached hydrogens (tertiary/aromatic N) is 2. The largest absolute Gasteiger partial charge is 0.370 e. The van der Waals surface area contributed by atoms with Gasteiger partial charge >= 0.3 is 0 Å². The molecular formula is C9H17N3S. The van der Waals surface area contributed by atoms with Crippen molar-refractivity contribution in [2.45, 2.75) is 25.3 Å². The molecule has 0 bridgehead atoms. The third kappa shape index (κ3) is 2.79. The van der Waals surface area contributed by atoms with Crippen molar-refractivity contribution in [3.8, 4) is 0 Å². The third-order valence-corrected chi connectivity index (χ3v) is 3.46. The molecule has 0 aromatic carbocycles. The van der Waals surface area contributed by atoms with Crippen LogP contribution in [0, 0.1) is 0 Å². The minimum atomic E-state index is 0.552. The Kier molecular flexibility index (Phi) is 2.98. The second-order valence-electron chi connectivity index (χ2n) is 3.67. The highest BCUT2D eigenvalue weighted by Crippen LogP contribution is 2.23. The van der Waals surface area contributed by atoms with Gasteiger partial charge in [-0.3, -0.25) is 0 Å². The predicted octanol–water partition coefficient (Wildman–Crippen LogP) is 0.902. The molecule has 1 aliphatic carbocycles. The van der Waals surface area contributed by atoms with Gasteiger partial charge in [0.1, 0.15) is 0 Å². The number of thioether (sulfide) groups is 1. The molecule has 0 atom stereocenters. The number of guanidine groups is 1. The second-order valence-corrected chi connectivity index (χ2v) is 4.90. The van der Waals surface area contributed by atoms with E-state index in [-0.39, 0.29) is 0 Å². The SMILES string of the molecule is NC(=NC1CC1)N1CCCSCC1. The van der Waals surface area contributed by atoms with Crippen molar-refractivity contribution in [2.24, 2.45) is 10.7 Å². The van der Waals surface area contributed by atoms with Gasteiger partial charge in [0.15, 0.2) is 5.96 Å². The summed E-state index contributed by atoms with van der Waals surface area (Å²) in [5, 5.41) is 0. The van der Waals surface area contributed by atoms with Gasteiger partial charge in [-0.2, -0.15) is 11.8 Å². The fourth-order valence-corrected chi connectivity index (χ4v) is 2.33. The Bertz CT molecular complexity index is 193. The molecule has 2 aliphatic rings. The van der Waals surface area contributed by atoms with Gasteiger partial charge in [-0.1, -0.05) is 0 Å². The van der Waals surface area contributed by atoms with Crippen molar-refractivity contribution < 1.29 is 0 Å². The van der Waals surface area contributed by atoms with Crippen LogP contribution in [0.1, 0.15) is 19.3 Å². The highest BCUT2D eigenvalue weighted by molar-refractivity contribution is 7.99. The molecule has 1 heterocycles. The maximum Gasteiger partial charge on any atom is 0.191 e. The zero-order valence-corrected chi connectivity index (χ0v) is 8.72. The molecule has 2 rings (SSSR count). The fraction of sp³-hybridized carbons (Fsp3) is 0.889. The average Bonchev–Trinajstić information content (AvgIpc) is 2.87. The number of rotatable bonds is 1. The summed E-state index contributed by atoms with van der Waals surface area (Å²) in [5.41, 5.74) is 5.93. The Morgan fingerprint density at radius 1 is 1.31 bits per heavy atom. The van der Waals surface area contributed by atoms with Crippen molar-refractivity contribution in [3.05, 3.63) is 0 Å². The van der Waals surface area contributed by atoms with E-state index < -0.39 is 0 Å². The van der Waals surface area contributed by atoms with Gasteiger partial charge in [0.25, 0.3) is 0 Å². The first-order valence-corrected chi connectivity index (χ1v) is 6.18. The molecule has 0 radical (unpaired) electrons. The lowest BCUT2D eigenvalue weighted by Gasteiger charge is -2.20. The molecule has 0 aromatic heterocycles. The average molecular weight is 199 g/mol. The molecule has 0 unspecified atom stereocenters. The molecule has 2 N–H and O–H groups in total. The van der Waals surface area contributed by atoms with Gasteiger partial charge in [0.2, 0.25) is 0 Å². The van der Waals surface area contributed by atoms with Crippen LogP contribution in [0.4, 0.5) is 0 Å². The molecule has 1 saturated carbocycles. The third-order valence-electron chi connectivity index (χ3n) is 2.41. The molecule has 0 spiro atoms.